The first kappa shape index (κ1) is 18.3. The summed E-state index contributed by atoms with van der Waals surface area (Å²) in [6.45, 7) is 7.67. The molecule has 0 aliphatic carbocycles. The van der Waals surface area contributed by atoms with E-state index in [1.807, 2.05) is 6.26 Å². The maximum atomic E-state index is 5.47. The van der Waals surface area contributed by atoms with Gasteiger partial charge >= 0.3 is 0 Å². The zero-order valence-corrected chi connectivity index (χ0v) is 14.4. The second-order valence-corrected chi connectivity index (χ2v) is 6.20. The summed E-state index contributed by atoms with van der Waals surface area (Å²) in [6, 6.07) is 2.61. The molecule has 0 aliphatic rings. The molecule has 0 bridgehead atoms. The summed E-state index contributed by atoms with van der Waals surface area (Å²) in [5, 5.41) is 3.67. The highest BCUT2D eigenvalue weighted by Gasteiger charge is 2.14. The van der Waals surface area contributed by atoms with Crippen LogP contribution in [0.3, 0.4) is 0 Å². The molecule has 122 valence electrons. The molecule has 0 aromatic carbocycles. The highest BCUT2D eigenvalue weighted by Crippen LogP contribution is 2.24. The van der Waals surface area contributed by atoms with Crippen molar-refractivity contribution in [3.05, 3.63) is 23.7 Å². The van der Waals surface area contributed by atoms with Gasteiger partial charge in [0.2, 0.25) is 0 Å². The average Bonchev–Trinajstić information content (AvgIpc) is 2.91. The Hall–Kier alpha value is -0.760. The molecule has 0 amide bonds. The fourth-order valence-electron chi connectivity index (χ4n) is 2.92. The second-order valence-electron chi connectivity index (χ2n) is 6.20. The topological polar surface area (TPSA) is 25.2 Å². The molecule has 0 radical (unpaired) electrons. The summed E-state index contributed by atoms with van der Waals surface area (Å²) in [4.78, 5) is 0. The van der Waals surface area contributed by atoms with Gasteiger partial charge in [-0.05, 0) is 32.4 Å². The van der Waals surface area contributed by atoms with Crippen molar-refractivity contribution >= 4 is 0 Å². The lowest BCUT2D eigenvalue weighted by Crippen LogP contribution is -2.22. The quantitative estimate of drug-likeness (QED) is 0.441. The summed E-state index contributed by atoms with van der Waals surface area (Å²) in [5.74, 6) is 1.07. The highest BCUT2D eigenvalue weighted by molar-refractivity contribution is 5.20. The van der Waals surface area contributed by atoms with Crippen LogP contribution in [0.15, 0.2) is 16.7 Å². The van der Waals surface area contributed by atoms with Gasteiger partial charge in [-0.1, -0.05) is 65.2 Å². The van der Waals surface area contributed by atoms with Gasteiger partial charge in [-0.3, -0.25) is 0 Å². The lowest BCUT2D eigenvalue weighted by molar-refractivity contribution is 0.452. The molecule has 1 N–H and O–H groups in total. The van der Waals surface area contributed by atoms with Gasteiger partial charge in [-0.15, -0.1) is 0 Å². The van der Waals surface area contributed by atoms with E-state index in [0.717, 1.165) is 12.3 Å². The fraction of sp³-hybridized carbons (Fsp3) is 0.789. The molecular weight excluding hydrogens is 258 g/mol. The van der Waals surface area contributed by atoms with Gasteiger partial charge in [0.25, 0.3) is 0 Å². The molecule has 0 fully saturated rings. The molecule has 2 nitrogen and oxygen atoms in total. The smallest absolute Gasteiger partial charge is 0.105 e. The third kappa shape index (κ3) is 7.71. The van der Waals surface area contributed by atoms with E-state index in [4.69, 9.17) is 4.42 Å². The summed E-state index contributed by atoms with van der Waals surface area (Å²) in [7, 11) is 0. The van der Waals surface area contributed by atoms with Crippen molar-refractivity contribution in [1.82, 2.24) is 5.32 Å². The van der Waals surface area contributed by atoms with Crippen LogP contribution in [0, 0.1) is 6.92 Å². The standard InChI is InChI=1S/C19H35NO/c1-4-6-7-8-9-10-11-12-13-19(20-15-5-2)18-14-16-21-17(18)3/h14,16,19-20H,4-13,15H2,1-3H3. The van der Waals surface area contributed by atoms with Crippen molar-refractivity contribution in [2.45, 2.75) is 91.0 Å². The molecule has 0 saturated carbocycles. The van der Waals surface area contributed by atoms with Gasteiger partial charge in [-0.2, -0.15) is 0 Å². The average molecular weight is 293 g/mol. The molecule has 1 aromatic heterocycles. The van der Waals surface area contributed by atoms with Crippen molar-refractivity contribution in [3.8, 4) is 0 Å². The minimum atomic E-state index is 0.476. The number of hydrogen-bond acceptors (Lipinski definition) is 2. The van der Waals surface area contributed by atoms with Gasteiger partial charge in [0.05, 0.1) is 6.26 Å². The molecule has 1 rings (SSSR count). The maximum absolute atomic E-state index is 5.47. The normalized spacial score (nSPS) is 12.7. The Bertz CT molecular complexity index is 345. The first-order valence-electron chi connectivity index (χ1n) is 9.07. The van der Waals surface area contributed by atoms with Crippen LogP contribution in [0.5, 0.6) is 0 Å². The van der Waals surface area contributed by atoms with E-state index in [1.54, 1.807) is 0 Å². The summed E-state index contributed by atoms with van der Waals surface area (Å²) in [5.41, 5.74) is 1.35. The van der Waals surface area contributed by atoms with Crippen LogP contribution in [-0.2, 0) is 0 Å². The Morgan fingerprint density at radius 1 is 0.952 bits per heavy atom. The van der Waals surface area contributed by atoms with E-state index in [-0.39, 0.29) is 0 Å². The number of furan rings is 1. The van der Waals surface area contributed by atoms with Crippen LogP contribution in [0.1, 0.15) is 95.4 Å². The van der Waals surface area contributed by atoms with E-state index in [2.05, 4.69) is 32.2 Å². The molecule has 1 heterocycles. The fourth-order valence-corrected chi connectivity index (χ4v) is 2.92. The summed E-state index contributed by atoms with van der Waals surface area (Å²) >= 11 is 0. The van der Waals surface area contributed by atoms with Crippen molar-refractivity contribution < 1.29 is 4.42 Å². The summed E-state index contributed by atoms with van der Waals surface area (Å²) < 4.78 is 5.47. The van der Waals surface area contributed by atoms with Gasteiger partial charge in [0, 0.05) is 11.6 Å². The van der Waals surface area contributed by atoms with E-state index in [1.165, 1.54) is 69.8 Å². The van der Waals surface area contributed by atoms with Crippen LogP contribution in [0.2, 0.25) is 0 Å². The van der Waals surface area contributed by atoms with Crippen molar-refractivity contribution in [2.75, 3.05) is 6.54 Å². The van der Waals surface area contributed by atoms with Crippen molar-refractivity contribution in [3.63, 3.8) is 0 Å². The van der Waals surface area contributed by atoms with Crippen LogP contribution in [-0.4, -0.2) is 6.54 Å². The number of hydrogen-bond donors (Lipinski definition) is 1. The first-order valence-corrected chi connectivity index (χ1v) is 9.07. The number of aryl methyl sites for hydroxylation is 1. The molecular formula is C19H35NO. The monoisotopic (exact) mass is 293 g/mol. The molecule has 0 spiro atoms. The van der Waals surface area contributed by atoms with Gasteiger partial charge < -0.3 is 9.73 Å². The lowest BCUT2D eigenvalue weighted by Gasteiger charge is -2.18. The zero-order valence-electron chi connectivity index (χ0n) is 14.4. The van der Waals surface area contributed by atoms with Crippen LogP contribution < -0.4 is 5.32 Å². The Morgan fingerprint density at radius 3 is 2.19 bits per heavy atom. The Balaban J connectivity index is 2.20. The van der Waals surface area contributed by atoms with Gasteiger partial charge in [0.1, 0.15) is 5.76 Å². The SMILES string of the molecule is CCCCCCCCCCC(NCCC)c1ccoc1C. The van der Waals surface area contributed by atoms with Crippen LogP contribution in [0.4, 0.5) is 0 Å². The van der Waals surface area contributed by atoms with Crippen molar-refractivity contribution in [1.29, 1.82) is 0 Å². The Labute approximate surface area is 131 Å². The van der Waals surface area contributed by atoms with E-state index < -0.39 is 0 Å². The zero-order chi connectivity index (χ0) is 15.3. The van der Waals surface area contributed by atoms with Gasteiger partial charge in [0.15, 0.2) is 0 Å². The predicted molar refractivity (Wildman–Crippen MR) is 91.7 cm³/mol. The molecule has 21 heavy (non-hydrogen) atoms. The van der Waals surface area contributed by atoms with E-state index >= 15 is 0 Å². The molecule has 0 saturated heterocycles. The Kier molecular flexibility index (Phi) is 10.3. The minimum absolute atomic E-state index is 0.476. The number of rotatable bonds is 13. The van der Waals surface area contributed by atoms with Gasteiger partial charge in [-0.25, -0.2) is 0 Å². The molecule has 1 unspecified atom stereocenters. The Morgan fingerprint density at radius 2 is 1.62 bits per heavy atom. The maximum Gasteiger partial charge on any atom is 0.105 e. The lowest BCUT2D eigenvalue weighted by atomic mass is 9.99. The minimum Gasteiger partial charge on any atom is -0.469 e. The predicted octanol–water partition coefficient (Wildman–Crippen LogP) is 6.16. The molecule has 1 atom stereocenters. The largest absolute Gasteiger partial charge is 0.469 e. The second kappa shape index (κ2) is 11.9. The van der Waals surface area contributed by atoms with Crippen LogP contribution >= 0.6 is 0 Å². The molecule has 2 heteroatoms. The van der Waals surface area contributed by atoms with E-state index in [0.29, 0.717) is 6.04 Å². The molecule has 0 aliphatic heterocycles. The summed E-state index contributed by atoms with van der Waals surface area (Å²) in [6.07, 6.45) is 15.3. The third-order valence-electron chi connectivity index (χ3n) is 4.26. The highest BCUT2D eigenvalue weighted by atomic mass is 16.3. The number of nitrogens with one attached hydrogen (secondary N) is 1. The van der Waals surface area contributed by atoms with Crippen LogP contribution in [0.25, 0.3) is 0 Å². The number of unbranched alkanes of at least 4 members (excludes halogenated alkanes) is 7. The van der Waals surface area contributed by atoms with E-state index in [9.17, 15) is 0 Å². The first-order chi connectivity index (χ1) is 10.3. The van der Waals surface area contributed by atoms with Crippen molar-refractivity contribution in [2.24, 2.45) is 0 Å². The molecule has 1 aromatic rings. The third-order valence-corrected chi connectivity index (χ3v) is 4.26.